The maximum Gasteiger partial charge on any atom is 0.0176 e. The molecule has 0 bridgehead atoms. The molecule has 0 saturated carbocycles. The number of hydrogen-bond acceptors (Lipinski definition) is 2. The van der Waals surface area contributed by atoms with Gasteiger partial charge >= 0.3 is 0 Å². The maximum absolute atomic E-state index is 3.46. The summed E-state index contributed by atoms with van der Waals surface area (Å²) in [5.74, 6) is 1.90. The number of hydrogen-bond donors (Lipinski definition) is 1. The smallest absolute Gasteiger partial charge is 0.0176 e. The first-order valence-electron chi connectivity index (χ1n) is 5.81. The highest BCUT2D eigenvalue weighted by molar-refractivity contribution is 9.10. The average molecular weight is 302 g/mol. The topological polar surface area (TPSA) is 12.0 Å². The lowest BCUT2D eigenvalue weighted by molar-refractivity contribution is 0.557. The minimum atomic E-state index is 0.722. The summed E-state index contributed by atoms with van der Waals surface area (Å²) in [6.45, 7) is 6.76. The van der Waals surface area contributed by atoms with Gasteiger partial charge in [-0.1, -0.05) is 29.8 Å². The number of rotatable bonds is 7. The predicted molar refractivity (Wildman–Crippen MR) is 77.2 cm³/mol. The second-order valence-electron chi connectivity index (χ2n) is 4.07. The molecule has 1 rings (SSSR count). The standard InChI is InChI=1S/C13H20BrNS/c1-3-8-15-9-11(2)10-16-13-6-4-12(14)5-7-13/h4-7,11,15H,3,8-10H2,1-2H3. The Labute approximate surface area is 112 Å². The minimum Gasteiger partial charge on any atom is -0.316 e. The summed E-state index contributed by atoms with van der Waals surface area (Å²) in [5, 5.41) is 3.46. The Bertz CT molecular complexity index is 286. The lowest BCUT2D eigenvalue weighted by atomic mass is 10.2. The highest BCUT2D eigenvalue weighted by Gasteiger charge is 2.02. The molecule has 0 aliphatic carbocycles. The van der Waals surface area contributed by atoms with E-state index >= 15 is 0 Å². The van der Waals surface area contributed by atoms with Crippen LogP contribution >= 0.6 is 27.7 Å². The van der Waals surface area contributed by atoms with Crippen LogP contribution in [-0.2, 0) is 0 Å². The summed E-state index contributed by atoms with van der Waals surface area (Å²) >= 11 is 5.38. The van der Waals surface area contributed by atoms with Crippen molar-refractivity contribution in [2.24, 2.45) is 5.92 Å². The maximum atomic E-state index is 3.46. The first-order valence-corrected chi connectivity index (χ1v) is 7.59. The summed E-state index contributed by atoms with van der Waals surface area (Å²) in [6, 6.07) is 8.53. The predicted octanol–water partition coefficient (Wildman–Crippen LogP) is 4.18. The highest BCUT2D eigenvalue weighted by atomic mass is 79.9. The van der Waals surface area contributed by atoms with Crippen molar-refractivity contribution in [3.05, 3.63) is 28.7 Å². The SMILES string of the molecule is CCCNCC(C)CSc1ccc(Br)cc1. The molecular formula is C13H20BrNS. The van der Waals surface area contributed by atoms with Crippen LogP contribution in [0.4, 0.5) is 0 Å². The average Bonchev–Trinajstić information content (AvgIpc) is 2.29. The van der Waals surface area contributed by atoms with E-state index in [1.54, 1.807) is 0 Å². The molecule has 1 aromatic carbocycles. The molecule has 0 saturated heterocycles. The second-order valence-corrected chi connectivity index (χ2v) is 6.08. The van der Waals surface area contributed by atoms with Crippen molar-refractivity contribution in [1.82, 2.24) is 5.32 Å². The van der Waals surface area contributed by atoms with Gasteiger partial charge in [0.05, 0.1) is 0 Å². The number of thioether (sulfide) groups is 1. The molecular weight excluding hydrogens is 282 g/mol. The lowest BCUT2D eigenvalue weighted by Gasteiger charge is -2.11. The minimum absolute atomic E-state index is 0.722. The Morgan fingerprint density at radius 3 is 2.62 bits per heavy atom. The number of halogens is 1. The highest BCUT2D eigenvalue weighted by Crippen LogP contribution is 2.22. The Hall–Kier alpha value is 0.01000. The van der Waals surface area contributed by atoms with Gasteiger partial charge in [0.2, 0.25) is 0 Å². The molecule has 0 radical (unpaired) electrons. The van der Waals surface area contributed by atoms with E-state index in [9.17, 15) is 0 Å². The fourth-order valence-corrected chi connectivity index (χ4v) is 2.54. The summed E-state index contributed by atoms with van der Waals surface area (Å²) in [5.41, 5.74) is 0. The molecule has 0 heterocycles. The third-order valence-corrected chi connectivity index (χ3v) is 4.14. The Morgan fingerprint density at radius 1 is 1.31 bits per heavy atom. The molecule has 1 unspecified atom stereocenters. The molecule has 90 valence electrons. The third-order valence-electron chi connectivity index (χ3n) is 2.27. The summed E-state index contributed by atoms with van der Waals surface area (Å²) in [6.07, 6.45) is 1.21. The largest absolute Gasteiger partial charge is 0.316 e. The summed E-state index contributed by atoms with van der Waals surface area (Å²) in [7, 11) is 0. The third kappa shape index (κ3) is 5.92. The normalized spacial score (nSPS) is 12.7. The number of nitrogens with one attached hydrogen (secondary N) is 1. The zero-order chi connectivity index (χ0) is 11.8. The van der Waals surface area contributed by atoms with Crippen LogP contribution in [0.1, 0.15) is 20.3 Å². The molecule has 3 heteroatoms. The van der Waals surface area contributed by atoms with Crippen molar-refractivity contribution in [2.45, 2.75) is 25.2 Å². The molecule has 1 aromatic rings. The Kier molecular flexibility index (Phi) is 7.17. The molecule has 0 amide bonds. The van der Waals surface area contributed by atoms with Crippen LogP contribution in [0, 0.1) is 5.92 Å². The molecule has 0 aliphatic rings. The summed E-state index contributed by atoms with van der Waals surface area (Å²) in [4.78, 5) is 1.35. The van der Waals surface area contributed by atoms with Crippen LogP contribution in [0.2, 0.25) is 0 Å². The van der Waals surface area contributed by atoms with Crippen molar-refractivity contribution in [2.75, 3.05) is 18.8 Å². The van der Waals surface area contributed by atoms with Gasteiger partial charge in [-0.25, -0.2) is 0 Å². The summed E-state index contributed by atoms with van der Waals surface area (Å²) < 4.78 is 1.15. The molecule has 1 atom stereocenters. The first kappa shape index (κ1) is 14.1. The van der Waals surface area contributed by atoms with Gasteiger partial charge in [-0.15, -0.1) is 11.8 Å². The molecule has 0 fully saturated rings. The van der Waals surface area contributed by atoms with E-state index in [-0.39, 0.29) is 0 Å². The van der Waals surface area contributed by atoms with Crippen LogP contribution in [0.15, 0.2) is 33.6 Å². The van der Waals surface area contributed by atoms with Gasteiger partial charge in [0.1, 0.15) is 0 Å². The molecule has 0 aromatic heterocycles. The van der Waals surface area contributed by atoms with E-state index in [1.807, 2.05) is 11.8 Å². The fourth-order valence-electron chi connectivity index (χ4n) is 1.35. The van der Waals surface area contributed by atoms with Gasteiger partial charge in [0.15, 0.2) is 0 Å². The molecule has 0 aliphatic heterocycles. The van der Waals surface area contributed by atoms with Crippen LogP contribution < -0.4 is 5.32 Å². The zero-order valence-electron chi connectivity index (χ0n) is 10.0. The van der Waals surface area contributed by atoms with E-state index < -0.39 is 0 Å². The second kappa shape index (κ2) is 8.15. The van der Waals surface area contributed by atoms with Crippen molar-refractivity contribution >= 4 is 27.7 Å². The van der Waals surface area contributed by atoms with Gasteiger partial charge in [-0.3, -0.25) is 0 Å². The van der Waals surface area contributed by atoms with E-state index in [0.717, 1.165) is 23.5 Å². The first-order chi connectivity index (χ1) is 7.72. The van der Waals surface area contributed by atoms with Gasteiger partial charge in [-0.05, 0) is 49.7 Å². The van der Waals surface area contributed by atoms with Gasteiger partial charge in [0.25, 0.3) is 0 Å². The molecule has 0 spiro atoms. The number of benzene rings is 1. The van der Waals surface area contributed by atoms with E-state index in [1.165, 1.54) is 17.1 Å². The van der Waals surface area contributed by atoms with Crippen LogP contribution in [0.25, 0.3) is 0 Å². The van der Waals surface area contributed by atoms with Gasteiger partial charge in [-0.2, -0.15) is 0 Å². The van der Waals surface area contributed by atoms with Crippen molar-refractivity contribution in [3.63, 3.8) is 0 Å². The lowest BCUT2D eigenvalue weighted by Crippen LogP contribution is -2.23. The van der Waals surface area contributed by atoms with Gasteiger partial charge in [0, 0.05) is 15.1 Å². The van der Waals surface area contributed by atoms with Crippen molar-refractivity contribution < 1.29 is 0 Å². The van der Waals surface area contributed by atoms with Crippen molar-refractivity contribution in [3.8, 4) is 0 Å². The van der Waals surface area contributed by atoms with Gasteiger partial charge < -0.3 is 5.32 Å². The Morgan fingerprint density at radius 2 is 2.00 bits per heavy atom. The van der Waals surface area contributed by atoms with E-state index in [4.69, 9.17) is 0 Å². The van der Waals surface area contributed by atoms with Crippen molar-refractivity contribution in [1.29, 1.82) is 0 Å². The van der Waals surface area contributed by atoms with Crippen LogP contribution in [-0.4, -0.2) is 18.8 Å². The monoisotopic (exact) mass is 301 g/mol. The van der Waals surface area contributed by atoms with E-state index in [2.05, 4.69) is 59.4 Å². The fraction of sp³-hybridized carbons (Fsp3) is 0.538. The quantitative estimate of drug-likeness (QED) is 0.599. The molecule has 16 heavy (non-hydrogen) atoms. The van der Waals surface area contributed by atoms with Crippen LogP contribution in [0.3, 0.4) is 0 Å². The van der Waals surface area contributed by atoms with Crippen LogP contribution in [0.5, 0.6) is 0 Å². The molecule has 1 N–H and O–H groups in total. The molecule has 1 nitrogen and oxygen atoms in total. The zero-order valence-corrected chi connectivity index (χ0v) is 12.4. The Balaban J connectivity index is 2.20. The van der Waals surface area contributed by atoms with E-state index in [0.29, 0.717) is 0 Å².